The maximum atomic E-state index is 10.1. The lowest BCUT2D eigenvalue weighted by Crippen LogP contribution is -2.55. The van der Waals surface area contributed by atoms with Crippen LogP contribution in [-0.2, 0) is 4.74 Å². The predicted octanol–water partition coefficient (Wildman–Crippen LogP) is -0.0274. The molecule has 6 nitrogen and oxygen atoms in total. The second-order valence-electron chi connectivity index (χ2n) is 4.67. The molecule has 5 atom stereocenters. The summed E-state index contributed by atoms with van der Waals surface area (Å²) in [7, 11) is 1.51. The van der Waals surface area contributed by atoms with Crippen LogP contribution in [0.1, 0.15) is 11.7 Å². The molecule has 1 aromatic carbocycles. The van der Waals surface area contributed by atoms with Gasteiger partial charge in [0.15, 0.2) is 0 Å². The number of halogens is 1. The topological polar surface area (TPSA) is 99.4 Å². The third-order valence-electron chi connectivity index (χ3n) is 3.35. The van der Waals surface area contributed by atoms with Crippen molar-refractivity contribution >= 4 is 15.9 Å². The summed E-state index contributed by atoms with van der Waals surface area (Å²) in [5.41, 5.74) is 0.577. The summed E-state index contributed by atoms with van der Waals surface area (Å²) in [6, 6.07) is 5.13. The first-order chi connectivity index (χ1) is 9.47. The average molecular weight is 349 g/mol. The van der Waals surface area contributed by atoms with E-state index in [0.717, 1.165) is 4.47 Å². The van der Waals surface area contributed by atoms with Crippen LogP contribution in [0.2, 0.25) is 0 Å². The lowest BCUT2D eigenvalue weighted by Gasteiger charge is -2.40. The number of ether oxygens (including phenoxy) is 2. The molecular formula is C13H17BrO6. The zero-order valence-electron chi connectivity index (χ0n) is 10.8. The van der Waals surface area contributed by atoms with Gasteiger partial charge in [-0.1, -0.05) is 15.9 Å². The molecule has 1 aromatic rings. The van der Waals surface area contributed by atoms with Crippen LogP contribution in [0.3, 0.4) is 0 Å². The van der Waals surface area contributed by atoms with Gasteiger partial charge in [-0.3, -0.25) is 0 Å². The maximum Gasteiger partial charge on any atom is 0.120 e. The Balaban J connectivity index is 2.33. The van der Waals surface area contributed by atoms with Gasteiger partial charge in [0.2, 0.25) is 0 Å². The molecule has 0 saturated carbocycles. The van der Waals surface area contributed by atoms with Crippen molar-refractivity contribution in [2.75, 3.05) is 13.7 Å². The van der Waals surface area contributed by atoms with E-state index < -0.39 is 37.1 Å². The molecule has 0 amide bonds. The van der Waals surface area contributed by atoms with E-state index in [2.05, 4.69) is 15.9 Å². The smallest absolute Gasteiger partial charge is 0.120 e. The minimum atomic E-state index is -1.39. The number of rotatable bonds is 3. The molecule has 2 rings (SSSR count). The first kappa shape index (κ1) is 15.7. The van der Waals surface area contributed by atoms with E-state index in [1.807, 2.05) is 0 Å². The Morgan fingerprint density at radius 1 is 1.15 bits per heavy atom. The van der Waals surface area contributed by atoms with Crippen LogP contribution in [0, 0.1) is 0 Å². The van der Waals surface area contributed by atoms with Gasteiger partial charge in [-0.2, -0.15) is 0 Å². The van der Waals surface area contributed by atoms with Crippen molar-refractivity contribution in [3.63, 3.8) is 0 Å². The average Bonchev–Trinajstić information content (AvgIpc) is 2.44. The standard InChI is InChI=1S/C13H17BrO6/c1-19-8-3-6(2-7(14)4-8)13-12(18)11(17)10(16)9(5-15)20-13/h2-4,9-13,15-18H,5H2,1H3/t9-,10-,11+,12-,13+/m1/s1. The van der Waals surface area contributed by atoms with E-state index in [4.69, 9.17) is 9.47 Å². The highest BCUT2D eigenvalue weighted by molar-refractivity contribution is 9.10. The van der Waals surface area contributed by atoms with E-state index in [1.54, 1.807) is 18.2 Å². The van der Waals surface area contributed by atoms with Crippen LogP contribution in [0.4, 0.5) is 0 Å². The summed E-state index contributed by atoms with van der Waals surface area (Å²) < 4.78 is 11.3. The van der Waals surface area contributed by atoms with Crippen molar-refractivity contribution in [1.29, 1.82) is 0 Å². The summed E-state index contributed by atoms with van der Waals surface area (Å²) in [5, 5.41) is 38.8. The van der Waals surface area contributed by atoms with Gasteiger partial charge in [-0.15, -0.1) is 0 Å². The van der Waals surface area contributed by atoms with Gasteiger partial charge in [0.1, 0.15) is 36.3 Å². The number of aliphatic hydroxyl groups excluding tert-OH is 4. The molecule has 0 aliphatic carbocycles. The van der Waals surface area contributed by atoms with E-state index in [0.29, 0.717) is 11.3 Å². The minimum absolute atomic E-state index is 0.452. The molecular weight excluding hydrogens is 332 g/mol. The van der Waals surface area contributed by atoms with E-state index in [1.165, 1.54) is 7.11 Å². The normalized spacial score (nSPS) is 34.0. The van der Waals surface area contributed by atoms with Crippen molar-refractivity contribution in [3.8, 4) is 5.75 Å². The highest BCUT2D eigenvalue weighted by atomic mass is 79.9. The Morgan fingerprint density at radius 3 is 2.45 bits per heavy atom. The van der Waals surface area contributed by atoms with Crippen molar-refractivity contribution in [3.05, 3.63) is 28.2 Å². The monoisotopic (exact) mass is 348 g/mol. The van der Waals surface area contributed by atoms with Crippen molar-refractivity contribution in [1.82, 2.24) is 0 Å². The van der Waals surface area contributed by atoms with Gasteiger partial charge in [-0.05, 0) is 23.8 Å². The predicted molar refractivity (Wildman–Crippen MR) is 73.4 cm³/mol. The van der Waals surface area contributed by atoms with Gasteiger partial charge >= 0.3 is 0 Å². The summed E-state index contributed by atoms with van der Waals surface area (Å²) >= 11 is 3.32. The van der Waals surface area contributed by atoms with Gasteiger partial charge < -0.3 is 29.9 Å². The molecule has 20 heavy (non-hydrogen) atoms. The second kappa shape index (κ2) is 6.38. The van der Waals surface area contributed by atoms with Gasteiger partial charge in [0, 0.05) is 4.47 Å². The van der Waals surface area contributed by atoms with Gasteiger partial charge in [0.05, 0.1) is 13.7 Å². The molecule has 1 heterocycles. The molecule has 1 fully saturated rings. The summed E-state index contributed by atoms with van der Waals surface area (Å²) in [6.45, 7) is -0.452. The minimum Gasteiger partial charge on any atom is -0.497 e. The Labute approximate surface area is 124 Å². The zero-order chi connectivity index (χ0) is 14.9. The van der Waals surface area contributed by atoms with Crippen LogP contribution in [0.25, 0.3) is 0 Å². The fourth-order valence-corrected chi connectivity index (χ4v) is 2.73. The number of hydrogen-bond donors (Lipinski definition) is 4. The lowest BCUT2D eigenvalue weighted by atomic mass is 9.91. The molecule has 4 N–H and O–H groups in total. The van der Waals surface area contributed by atoms with Crippen LogP contribution < -0.4 is 4.74 Å². The Kier molecular flexibility index (Phi) is 5.00. The molecule has 0 unspecified atom stereocenters. The third-order valence-corrected chi connectivity index (χ3v) is 3.81. The molecule has 1 saturated heterocycles. The van der Waals surface area contributed by atoms with Crippen LogP contribution in [-0.4, -0.2) is 58.6 Å². The van der Waals surface area contributed by atoms with Crippen molar-refractivity contribution in [2.45, 2.75) is 30.5 Å². The second-order valence-corrected chi connectivity index (χ2v) is 5.59. The zero-order valence-corrected chi connectivity index (χ0v) is 12.4. The number of aliphatic hydroxyl groups is 4. The maximum absolute atomic E-state index is 10.1. The van der Waals surface area contributed by atoms with E-state index >= 15 is 0 Å². The molecule has 1 aliphatic rings. The fourth-order valence-electron chi connectivity index (χ4n) is 2.24. The van der Waals surface area contributed by atoms with Gasteiger partial charge in [0.25, 0.3) is 0 Å². The number of methoxy groups -OCH3 is 1. The first-order valence-electron chi connectivity index (χ1n) is 6.13. The Morgan fingerprint density at radius 2 is 1.85 bits per heavy atom. The summed E-state index contributed by atoms with van der Waals surface area (Å²) in [5.74, 6) is 0.561. The molecule has 0 spiro atoms. The highest BCUT2D eigenvalue weighted by Crippen LogP contribution is 2.35. The molecule has 1 aliphatic heterocycles. The summed E-state index contributed by atoms with van der Waals surface area (Å²) in [4.78, 5) is 0. The number of benzene rings is 1. The molecule has 0 bridgehead atoms. The third kappa shape index (κ3) is 2.98. The van der Waals surface area contributed by atoms with Crippen LogP contribution >= 0.6 is 15.9 Å². The van der Waals surface area contributed by atoms with Gasteiger partial charge in [-0.25, -0.2) is 0 Å². The Hall–Kier alpha value is -0.700. The first-order valence-corrected chi connectivity index (χ1v) is 6.92. The van der Waals surface area contributed by atoms with E-state index in [9.17, 15) is 20.4 Å². The van der Waals surface area contributed by atoms with Crippen LogP contribution in [0.5, 0.6) is 5.75 Å². The summed E-state index contributed by atoms with van der Waals surface area (Å²) in [6.07, 6.45) is -5.84. The number of hydrogen-bond acceptors (Lipinski definition) is 6. The molecule has 0 aromatic heterocycles. The highest BCUT2D eigenvalue weighted by Gasteiger charge is 2.44. The lowest BCUT2D eigenvalue weighted by molar-refractivity contribution is -0.231. The Bertz CT molecular complexity index is 466. The van der Waals surface area contributed by atoms with Crippen molar-refractivity contribution < 1.29 is 29.9 Å². The van der Waals surface area contributed by atoms with Crippen molar-refractivity contribution in [2.24, 2.45) is 0 Å². The largest absolute Gasteiger partial charge is 0.497 e. The fraction of sp³-hybridized carbons (Fsp3) is 0.538. The molecule has 112 valence electrons. The van der Waals surface area contributed by atoms with E-state index in [-0.39, 0.29) is 0 Å². The van der Waals surface area contributed by atoms with Crippen LogP contribution in [0.15, 0.2) is 22.7 Å². The molecule has 0 radical (unpaired) electrons. The quantitative estimate of drug-likeness (QED) is 0.612. The molecule has 7 heteroatoms. The SMILES string of the molecule is COc1cc(Br)cc([C@@H]2O[C@H](CO)[C@@H](O)[C@H](O)[C@H]2O)c1.